The average molecular weight is 507 g/mol. The van der Waals surface area contributed by atoms with Crippen molar-refractivity contribution in [2.45, 2.75) is 19.6 Å². The molecule has 9 heteroatoms. The second-order valence-electron chi connectivity index (χ2n) is 8.94. The average Bonchev–Trinajstić information content (AvgIpc) is 3.59. The third-order valence-electron chi connectivity index (χ3n) is 6.50. The number of benzene rings is 3. The number of rotatable bonds is 8. The number of H-pyrrole nitrogens is 1. The first-order valence-electron chi connectivity index (χ1n) is 12.4. The Morgan fingerprint density at radius 2 is 1.84 bits per heavy atom. The molecule has 2 aromatic heterocycles. The number of nitrogens with zero attached hydrogens (tertiary/aromatic N) is 4. The summed E-state index contributed by atoms with van der Waals surface area (Å²) in [4.78, 5) is 32.3. The SMILES string of the molecule is COc1ccc(COc2nc(N3CCc4ccccc43)ncc2C(=O)NCc2nc3ccccc3[nH]2)cc1. The molecule has 190 valence electrons. The first kappa shape index (κ1) is 23.5. The van der Waals surface area contributed by atoms with E-state index < -0.39 is 0 Å². The molecule has 1 aliphatic heterocycles. The number of anilines is 2. The van der Waals surface area contributed by atoms with E-state index in [1.807, 2.05) is 65.6 Å². The molecule has 0 fully saturated rings. The molecule has 0 spiro atoms. The Morgan fingerprint density at radius 1 is 1.03 bits per heavy atom. The van der Waals surface area contributed by atoms with Crippen LogP contribution in [0.3, 0.4) is 0 Å². The normalized spacial score (nSPS) is 12.4. The quantitative estimate of drug-likeness (QED) is 0.318. The zero-order valence-corrected chi connectivity index (χ0v) is 20.8. The Bertz CT molecular complexity index is 1570. The van der Waals surface area contributed by atoms with Gasteiger partial charge in [0.15, 0.2) is 0 Å². The maximum atomic E-state index is 13.2. The van der Waals surface area contributed by atoms with Crippen LogP contribution in [0.4, 0.5) is 11.6 Å². The molecule has 1 aliphatic rings. The number of para-hydroxylation sites is 3. The number of methoxy groups -OCH3 is 1. The summed E-state index contributed by atoms with van der Waals surface area (Å²) in [5, 5.41) is 2.91. The van der Waals surface area contributed by atoms with Crippen LogP contribution in [0, 0.1) is 0 Å². The lowest BCUT2D eigenvalue weighted by Gasteiger charge is -2.19. The molecule has 0 bridgehead atoms. The number of fused-ring (bicyclic) bond motifs is 2. The largest absolute Gasteiger partial charge is 0.497 e. The van der Waals surface area contributed by atoms with Gasteiger partial charge in [-0.15, -0.1) is 0 Å². The predicted octanol–water partition coefficient (Wildman–Crippen LogP) is 4.56. The van der Waals surface area contributed by atoms with Crippen LogP contribution in [-0.2, 0) is 19.6 Å². The minimum Gasteiger partial charge on any atom is -0.497 e. The number of hydrogen-bond acceptors (Lipinski definition) is 7. The van der Waals surface area contributed by atoms with Crippen molar-refractivity contribution in [2.24, 2.45) is 0 Å². The van der Waals surface area contributed by atoms with Gasteiger partial charge in [-0.25, -0.2) is 9.97 Å². The lowest BCUT2D eigenvalue weighted by molar-refractivity contribution is 0.0944. The number of hydrogen-bond donors (Lipinski definition) is 2. The summed E-state index contributed by atoms with van der Waals surface area (Å²) in [5.74, 6) is 1.79. The highest BCUT2D eigenvalue weighted by atomic mass is 16.5. The molecule has 1 amide bonds. The summed E-state index contributed by atoms with van der Waals surface area (Å²) in [6.07, 6.45) is 2.43. The van der Waals surface area contributed by atoms with E-state index in [1.165, 1.54) is 11.8 Å². The minimum absolute atomic E-state index is 0.220. The van der Waals surface area contributed by atoms with Crippen LogP contribution in [0.5, 0.6) is 11.6 Å². The van der Waals surface area contributed by atoms with Gasteiger partial charge in [-0.2, -0.15) is 4.98 Å². The van der Waals surface area contributed by atoms with Crippen molar-refractivity contribution in [3.05, 3.63) is 102 Å². The highest BCUT2D eigenvalue weighted by Gasteiger charge is 2.25. The lowest BCUT2D eigenvalue weighted by Crippen LogP contribution is -2.25. The van der Waals surface area contributed by atoms with Gasteiger partial charge in [-0.05, 0) is 47.9 Å². The summed E-state index contributed by atoms with van der Waals surface area (Å²) in [5.41, 5.74) is 5.25. The summed E-state index contributed by atoms with van der Waals surface area (Å²) < 4.78 is 11.3. The fraction of sp³-hybridized carbons (Fsp3) is 0.172. The number of ether oxygens (including phenoxy) is 2. The molecule has 9 nitrogen and oxygen atoms in total. The zero-order valence-electron chi connectivity index (χ0n) is 20.8. The van der Waals surface area contributed by atoms with Crippen molar-refractivity contribution >= 4 is 28.6 Å². The summed E-state index contributed by atoms with van der Waals surface area (Å²) in [7, 11) is 1.63. The molecule has 0 atom stereocenters. The fourth-order valence-electron chi connectivity index (χ4n) is 4.52. The smallest absolute Gasteiger partial charge is 0.258 e. The third-order valence-corrected chi connectivity index (χ3v) is 6.50. The van der Waals surface area contributed by atoms with Gasteiger partial charge in [0.2, 0.25) is 11.8 Å². The van der Waals surface area contributed by atoms with Crippen molar-refractivity contribution in [1.29, 1.82) is 0 Å². The molecule has 3 heterocycles. The molecule has 0 aliphatic carbocycles. The fourth-order valence-corrected chi connectivity index (χ4v) is 4.52. The van der Waals surface area contributed by atoms with Crippen molar-refractivity contribution in [3.8, 4) is 11.6 Å². The predicted molar refractivity (Wildman–Crippen MR) is 144 cm³/mol. The summed E-state index contributed by atoms with van der Waals surface area (Å²) >= 11 is 0. The monoisotopic (exact) mass is 506 g/mol. The molecule has 0 saturated heterocycles. The molecule has 0 radical (unpaired) electrons. The zero-order chi connectivity index (χ0) is 25.9. The van der Waals surface area contributed by atoms with Gasteiger partial charge in [0.25, 0.3) is 5.91 Å². The van der Waals surface area contributed by atoms with Crippen molar-refractivity contribution in [3.63, 3.8) is 0 Å². The highest BCUT2D eigenvalue weighted by molar-refractivity contribution is 5.96. The number of aromatic amines is 1. The van der Waals surface area contributed by atoms with Crippen LogP contribution in [0.25, 0.3) is 11.0 Å². The Kier molecular flexibility index (Phi) is 6.31. The Hall–Kier alpha value is -4.92. The maximum absolute atomic E-state index is 13.2. The number of aromatic nitrogens is 4. The molecular weight excluding hydrogens is 480 g/mol. The molecule has 0 unspecified atom stereocenters. The Balaban J connectivity index is 1.25. The van der Waals surface area contributed by atoms with Crippen LogP contribution >= 0.6 is 0 Å². The van der Waals surface area contributed by atoms with E-state index in [9.17, 15) is 4.79 Å². The third kappa shape index (κ3) is 4.73. The number of nitrogens with one attached hydrogen (secondary N) is 2. The van der Waals surface area contributed by atoms with Gasteiger partial charge in [-0.3, -0.25) is 4.79 Å². The number of carbonyl (C=O) groups excluding carboxylic acids is 1. The Labute approximate surface area is 219 Å². The Morgan fingerprint density at radius 3 is 2.68 bits per heavy atom. The molecule has 0 saturated carbocycles. The molecular formula is C29H26N6O3. The topological polar surface area (TPSA) is 105 Å². The van der Waals surface area contributed by atoms with E-state index in [-0.39, 0.29) is 30.5 Å². The number of imidazole rings is 1. The van der Waals surface area contributed by atoms with E-state index in [0.717, 1.165) is 41.0 Å². The molecule has 2 N–H and O–H groups in total. The van der Waals surface area contributed by atoms with Gasteiger partial charge in [0.05, 0.1) is 24.7 Å². The van der Waals surface area contributed by atoms with E-state index in [0.29, 0.717) is 11.8 Å². The first-order valence-corrected chi connectivity index (χ1v) is 12.4. The molecule has 38 heavy (non-hydrogen) atoms. The van der Waals surface area contributed by atoms with E-state index in [4.69, 9.17) is 14.5 Å². The molecule has 6 rings (SSSR count). The van der Waals surface area contributed by atoms with Crippen molar-refractivity contribution in [1.82, 2.24) is 25.3 Å². The van der Waals surface area contributed by atoms with Gasteiger partial charge in [0.1, 0.15) is 23.7 Å². The number of amides is 1. The lowest BCUT2D eigenvalue weighted by atomic mass is 10.2. The van der Waals surface area contributed by atoms with Gasteiger partial charge < -0.3 is 24.7 Å². The van der Waals surface area contributed by atoms with Crippen LogP contribution in [0.1, 0.15) is 27.3 Å². The standard InChI is InChI=1S/C29H26N6O3/c1-37-21-12-10-19(11-13-21)18-38-28-22(27(36)30-17-26-32-23-7-3-4-8-24(23)33-26)16-31-29(34-28)35-15-14-20-6-2-5-9-25(20)35/h2-13,16H,14-15,17-18H2,1H3,(H,30,36)(H,32,33). The number of carbonyl (C=O) groups is 1. The van der Waals surface area contributed by atoms with Crippen molar-refractivity contribution < 1.29 is 14.3 Å². The van der Waals surface area contributed by atoms with Gasteiger partial charge >= 0.3 is 0 Å². The van der Waals surface area contributed by atoms with E-state index >= 15 is 0 Å². The highest BCUT2D eigenvalue weighted by Crippen LogP contribution is 2.33. The van der Waals surface area contributed by atoms with Crippen LogP contribution < -0.4 is 19.7 Å². The van der Waals surface area contributed by atoms with Crippen LogP contribution in [-0.4, -0.2) is 39.5 Å². The second-order valence-corrected chi connectivity index (χ2v) is 8.94. The van der Waals surface area contributed by atoms with E-state index in [2.05, 4.69) is 32.4 Å². The minimum atomic E-state index is -0.344. The molecule has 3 aromatic carbocycles. The summed E-state index contributed by atoms with van der Waals surface area (Å²) in [6, 6.07) is 23.5. The van der Waals surface area contributed by atoms with Gasteiger partial charge in [0, 0.05) is 18.4 Å². The first-order chi connectivity index (χ1) is 18.7. The van der Waals surface area contributed by atoms with Crippen LogP contribution in [0.15, 0.2) is 79.0 Å². The summed E-state index contributed by atoms with van der Waals surface area (Å²) in [6.45, 7) is 1.22. The van der Waals surface area contributed by atoms with Crippen molar-refractivity contribution in [2.75, 3.05) is 18.6 Å². The maximum Gasteiger partial charge on any atom is 0.258 e. The van der Waals surface area contributed by atoms with Crippen LogP contribution in [0.2, 0.25) is 0 Å². The molecule has 5 aromatic rings. The van der Waals surface area contributed by atoms with Gasteiger partial charge in [-0.1, -0.05) is 42.5 Å². The van der Waals surface area contributed by atoms with E-state index in [1.54, 1.807) is 7.11 Å². The second kappa shape index (κ2) is 10.2.